The lowest BCUT2D eigenvalue weighted by Gasteiger charge is -2.41. The van der Waals surface area contributed by atoms with Gasteiger partial charge in [-0.3, -0.25) is 4.57 Å². The second-order valence-corrected chi connectivity index (χ2v) is 14.3. The summed E-state index contributed by atoms with van der Waals surface area (Å²) in [7, 11) is 5.10. The van der Waals surface area contributed by atoms with Crippen LogP contribution in [0.2, 0.25) is 0 Å². The Morgan fingerprint density at radius 1 is 0.881 bits per heavy atom. The lowest BCUT2D eigenvalue weighted by Crippen LogP contribution is -2.35. The predicted molar refractivity (Wildman–Crippen MR) is 173 cm³/mol. The molecule has 1 aliphatic carbocycles. The summed E-state index contributed by atoms with van der Waals surface area (Å²) in [4.78, 5) is 2.03. The van der Waals surface area contributed by atoms with Gasteiger partial charge in [-0.2, -0.15) is 0 Å². The van der Waals surface area contributed by atoms with Crippen LogP contribution in [-0.2, 0) is 9.09 Å². The first kappa shape index (κ1) is 31.8. The lowest BCUT2D eigenvalue weighted by atomic mass is 9.75. The second kappa shape index (κ2) is 13.9. The highest BCUT2D eigenvalue weighted by molar-refractivity contribution is 7.67. The van der Waals surface area contributed by atoms with Crippen LogP contribution in [0.5, 0.6) is 17.2 Å². The summed E-state index contributed by atoms with van der Waals surface area (Å²) < 4.78 is 40.0. The average molecular weight is 595 g/mol. The summed E-state index contributed by atoms with van der Waals surface area (Å²) in [5.41, 5.74) is 2.58. The van der Waals surface area contributed by atoms with Gasteiger partial charge in [-0.05, 0) is 84.7 Å². The predicted octanol–water partition coefficient (Wildman–Crippen LogP) is 7.97. The largest absolute Gasteiger partial charge is 0.493 e. The topological polar surface area (TPSA) is 69.3 Å². The highest BCUT2D eigenvalue weighted by Gasteiger charge is 2.44. The molecule has 0 radical (unpaired) electrons. The first-order chi connectivity index (χ1) is 20.1. The molecule has 0 aromatic heterocycles. The molecule has 8 heteroatoms. The van der Waals surface area contributed by atoms with Crippen molar-refractivity contribution >= 4 is 24.0 Å². The Morgan fingerprint density at radius 3 is 2.02 bits per heavy atom. The number of ether oxygens (including phenoxy) is 3. The first-order valence-electron chi connectivity index (χ1n) is 14.8. The van der Waals surface area contributed by atoms with Gasteiger partial charge in [-0.1, -0.05) is 45.4 Å². The third-order valence-electron chi connectivity index (χ3n) is 8.40. The third-order valence-corrected chi connectivity index (χ3v) is 11.1. The standard InChI is InChI=1S/C34H47N2O5P/c1-23(2)29-19-14-24(3)20-30(29)41-42(37,28-17-15-27(16-18-28)36(4)5)34(35-26-12-10-9-11-13-26)25-21-31(38-6)33(40-8)32(22-25)39-7/h9-13,15-18,21-24,29-30,34-35H,14,19-20H2,1-8H3/t24-,29+,30-,34+,42+/m1/s1. The van der Waals surface area contributed by atoms with Crippen LogP contribution in [-0.4, -0.2) is 41.5 Å². The highest BCUT2D eigenvalue weighted by Crippen LogP contribution is 2.62. The van der Waals surface area contributed by atoms with E-state index < -0.39 is 13.2 Å². The van der Waals surface area contributed by atoms with Gasteiger partial charge in [-0.25, -0.2) is 0 Å². The van der Waals surface area contributed by atoms with Gasteiger partial charge in [0.25, 0.3) is 7.37 Å². The van der Waals surface area contributed by atoms with Gasteiger partial charge in [0.1, 0.15) is 5.78 Å². The molecule has 228 valence electrons. The molecule has 4 rings (SSSR count). The van der Waals surface area contributed by atoms with Gasteiger partial charge in [-0.15, -0.1) is 0 Å². The van der Waals surface area contributed by atoms with E-state index in [-0.39, 0.29) is 6.10 Å². The summed E-state index contributed by atoms with van der Waals surface area (Å²) in [6, 6.07) is 21.5. The molecule has 1 N–H and O–H groups in total. The fourth-order valence-corrected chi connectivity index (χ4v) is 8.59. The minimum absolute atomic E-state index is 0.143. The molecule has 0 spiro atoms. The molecule has 0 aliphatic heterocycles. The zero-order valence-electron chi connectivity index (χ0n) is 26.3. The van der Waals surface area contributed by atoms with E-state index >= 15 is 4.57 Å². The molecular formula is C34H47N2O5P. The normalized spacial score (nSPS) is 20.8. The third kappa shape index (κ3) is 6.90. The zero-order valence-corrected chi connectivity index (χ0v) is 27.2. The Kier molecular flexibility index (Phi) is 10.5. The van der Waals surface area contributed by atoms with Gasteiger partial charge in [0.05, 0.1) is 27.4 Å². The van der Waals surface area contributed by atoms with Crippen LogP contribution in [0.25, 0.3) is 0 Å². The number of benzene rings is 3. The number of hydrogen-bond donors (Lipinski definition) is 1. The summed E-state index contributed by atoms with van der Waals surface area (Å²) in [5.74, 6) is 1.95. The van der Waals surface area contributed by atoms with E-state index in [0.29, 0.717) is 40.3 Å². The molecule has 1 fully saturated rings. The summed E-state index contributed by atoms with van der Waals surface area (Å²) in [6.07, 6.45) is 2.94. The van der Waals surface area contributed by atoms with Crippen molar-refractivity contribution in [3.8, 4) is 17.2 Å². The maximum Gasteiger partial charge on any atom is 0.258 e. The van der Waals surface area contributed by atoms with Gasteiger partial charge < -0.3 is 29.0 Å². The number of nitrogens with one attached hydrogen (secondary N) is 1. The number of rotatable bonds is 12. The van der Waals surface area contributed by atoms with E-state index in [4.69, 9.17) is 18.7 Å². The van der Waals surface area contributed by atoms with E-state index in [2.05, 4.69) is 26.1 Å². The molecule has 3 aromatic rings. The smallest absolute Gasteiger partial charge is 0.258 e. The van der Waals surface area contributed by atoms with Crippen LogP contribution in [0.15, 0.2) is 66.7 Å². The van der Waals surface area contributed by atoms with Gasteiger partial charge >= 0.3 is 0 Å². The van der Waals surface area contributed by atoms with Crippen LogP contribution in [0.4, 0.5) is 11.4 Å². The number of anilines is 2. The molecule has 0 heterocycles. The van der Waals surface area contributed by atoms with E-state index in [9.17, 15) is 0 Å². The second-order valence-electron chi connectivity index (χ2n) is 11.8. The molecule has 42 heavy (non-hydrogen) atoms. The first-order valence-corrected chi connectivity index (χ1v) is 16.5. The SMILES string of the molecule is COc1cc([C@@H](Nc2ccccc2)[P@@](=O)(O[C@@H]2C[C@H](C)CC[C@H]2C(C)C)c2ccc(N(C)C)cc2)cc(OC)c1OC. The van der Waals surface area contributed by atoms with Gasteiger partial charge in [0.15, 0.2) is 11.5 Å². The molecule has 0 amide bonds. The van der Waals surface area contributed by atoms with Crippen molar-refractivity contribution < 1.29 is 23.3 Å². The lowest BCUT2D eigenvalue weighted by molar-refractivity contribution is 0.0488. The maximum absolute atomic E-state index is 15.9. The van der Waals surface area contributed by atoms with E-state index in [1.807, 2.05) is 85.7 Å². The van der Waals surface area contributed by atoms with E-state index in [1.54, 1.807) is 21.3 Å². The molecular weight excluding hydrogens is 547 g/mol. The Balaban J connectivity index is 1.95. The van der Waals surface area contributed by atoms with Crippen LogP contribution in [0.3, 0.4) is 0 Å². The minimum Gasteiger partial charge on any atom is -0.493 e. The van der Waals surface area contributed by atoms with Crippen LogP contribution in [0, 0.1) is 17.8 Å². The number of para-hydroxylation sites is 1. The summed E-state index contributed by atoms with van der Waals surface area (Å²) >= 11 is 0. The Bertz CT molecular complexity index is 1320. The summed E-state index contributed by atoms with van der Waals surface area (Å²) in [6.45, 7) is 6.75. The molecule has 0 bridgehead atoms. The van der Waals surface area contributed by atoms with Crippen molar-refractivity contribution in [1.29, 1.82) is 0 Å². The molecule has 5 atom stereocenters. The zero-order chi connectivity index (χ0) is 30.4. The Morgan fingerprint density at radius 2 is 1.50 bits per heavy atom. The average Bonchev–Trinajstić information content (AvgIpc) is 2.99. The van der Waals surface area contributed by atoms with Crippen molar-refractivity contribution in [2.75, 3.05) is 45.6 Å². The monoisotopic (exact) mass is 594 g/mol. The number of nitrogens with zero attached hydrogens (tertiary/aromatic N) is 1. The molecule has 7 nitrogen and oxygen atoms in total. The van der Waals surface area contributed by atoms with Crippen molar-refractivity contribution in [2.45, 2.75) is 51.9 Å². The summed E-state index contributed by atoms with van der Waals surface area (Å²) in [5, 5.41) is 4.27. The van der Waals surface area contributed by atoms with Crippen molar-refractivity contribution in [3.63, 3.8) is 0 Å². The van der Waals surface area contributed by atoms with Crippen LogP contribution >= 0.6 is 7.37 Å². The quantitative estimate of drug-likeness (QED) is 0.213. The van der Waals surface area contributed by atoms with Crippen molar-refractivity contribution in [3.05, 3.63) is 72.3 Å². The van der Waals surface area contributed by atoms with E-state index in [1.165, 1.54) is 0 Å². The fourth-order valence-electron chi connectivity index (χ4n) is 5.98. The number of hydrogen-bond acceptors (Lipinski definition) is 7. The highest BCUT2D eigenvalue weighted by atomic mass is 31.2. The van der Waals surface area contributed by atoms with Crippen LogP contribution < -0.4 is 29.7 Å². The Hall–Kier alpha value is -3.15. The fraction of sp³-hybridized carbons (Fsp3) is 0.471. The van der Waals surface area contributed by atoms with E-state index in [0.717, 1.165) is 36.2 Å². The molecule has 1 saturated carbocycles. The Labute approximate surface area is 252 Å². The van der Waals surface area contributed by atoms with Crippen molar-refractivity contribution in [2.24, 2.45) is 17.8 Å². The molecule has 1 aliphatic rings. The molecule has 0 saturated heterocycles. The molecule has 3 aromatic carbocycles. The van der Waals surface area contributed by atoms with Gasteiger partial charge in [0, 0.05) is 30.8 Å². The van der Waals surface area contributed by atoms with Crippen molar-refractivity contribution in [1.82, 2.24) is 0 Å². The van der Waals surface area contributed by atoms with Crippen LogP contribution in [0.1, 0.15) is 51.4 Å². The van der Waals surface area contributed by atoms with Gasteiger partial charge in [0.2, 0.25) is 5.75 Å². The number of methoxy groups -OCH3 is 3. The maximum atomic E-state index is 15.9. The molecule has 0 unspecified atom stereocenters. The minimum atomic E-state index is -3.66.